The molecule has 0 unspecified atom stereocenters. The fraction of sp³-hybridized carbons (Fsp3) is 0.200. The number of nitrogens with zero attached hydrogens (tertiary/aromatic N) is 2. The summed E-state index contributed by atoms with van der Waals surface area (Å²) >= 11 is 1.04. The summed E-state index contributed by atoms with van der Waals surface area (Å²) in [5.74, 6) is 0. The van der Waals surface area contributed by atoms with Crippen LogP contribution in [0, 0.1) is 0 Å². The van der Waals surface area contributed by atoms with E-state index in [0.717, 1.165) is 11.3 Å². The maximum atomic E-state index is 11.9. The zero-order valence-electron chi connectivity index (χ0n) is 9.28. The second-order valence-corrected chi connectivity index (χ2v) is 6.57. The van der Waals surface area contributed by atoms with E-state index in [-0.39, 0.29) is 17.4 Å². The molecule has 0 amide bonds. The largest absolute Gasteiger partial charge is 0.391 e. The first-order valence-electron chi connectivity index (χ1n) is 5.06. The number of rotatable bonds is 5. The summed E-state index contributed by atoms with van der Waals surface area (Å²) < 4.78 is 26.4. The first kappa shape index (κ1) is 13.1. The third kappa shape index (κ3) is 3.10. The molecule has 0 saturated heterocycles. The maximum absolute atomic E-state index is 11.9. The van der Waals surface area contributed by atoms with E-state index >= 15 is 0 Å². The van der Waals surface area contributed by atoms with Crippen LogP contribution in [0.3, 0.4) is 0 Å². The van der Waals surface area contributed by atoms with Gasteiger partial charge in [0.2, 0.25) is 10.0 Å². The summed E-state index contributed by atoms with van der Waals surface area (Å²) in [6.07, 6.45) is 2.91. The topological polar surface area (TPSA) is 92.2 Å². The highest BCUT2D eigenvalue weighted by Gasteiger charge is 2.16. The highest BCUT2D eigenvalue weighted by Crippen LogP contribution is 2.21. The van der Waals surface area contributed by atoms with Gasteiger partial charge in [-0.05, 0) is 18.2 Å². The molecule has 0 bridgehead atoms. The van der Waals surface area contributed by atoms with Gasteiger partial charge < -0.3 is 5.11 Å². The number of aliphatic hydroxyl groups excluding tert-OH is 1. The summed E-state index contributed by atoms with van der Waals surface area (Å²) in [5, 5.41) is 8.90. The molecule has 2 N–H and O–H groups in total. The average molecular weight is 285 g/mol. The van der Waals surface area contributed by atoms with Crippen molar-refractivity contribution >= 4 is 21.4 Å². The van der Waals surface area contributed by atoms with Crippen molar-refractivity contribution in [1.29, 1.82) is 0 Å². The summed E-state index contributed by atoms with van der Waals surface area (Å²) in [6, 6.07) is 4.69. The molecule has 8 heteroatoms. The van der Waals surface area contributed by atoms with Gasteiger partial charge in [-0.1, -0.05) is 0 Å². The number of nitrogens with one attached hydrogen (secondary N) is 1. The van der Waals surface area contributed by atoms with Gasteiger partial charge >= 0.3 is 0 Å². The van der Waals surface area contributed by atoms with E-state index in [0.29, 0.717) is 10.6 Å². The molecule has 2 heterocycles. The van der Waals surface area contributed by atoms with Crippen LogP contribution in [0.1, 0.15) is 10.6 Å². The molecular weight excluding hydrogens is 274 g/mol. The third-order valence-electron chi connectivity index (χ3n) is 2.14. The van der Waals surface area contributed by atoms with Crippen LogP contribution in [-0.4, -0.2) is 23.5 Å². The van der Waals surface area contributed by atoms with E-state index in [2.05, 4.69) is 14.7 Å². The molecule has 0 aromatic carbocycles. The molecule has 0 fully saturated rings. The Morgan fingerprint density at radius 2 is 2.17 bits per heavy atom. The molecule has 0 radical (unpaired) electrons. The van der Waals surface area contributed by atoms with Gasteiger partial charge in [0.25, 0.3) is 0 Å². The summed E-state index contributed by atoms with van der Waals surface area (Å²) in [6.45, 7) is -0.0523. The van der Waals surface area contributed by atoms with Gasteiger partial charge in [-0.3, -0.25) is 0 Å². The number of hydrogen-bond acceptors (Lipinski definition) is 6. The quantitative estimate of drug-likeness (QED) is 0.835. The van der Waals surface area contributed by atoms with Gasteiger partial charge in [-0.2, -0.15) is 0 Å². The number of thiophene rings is 1. The van der Waals surface area contributed by atoms with Crippen LogP contribution in [-0.2, 0) is 23.2 Å². The fourth-order valence-corrected chi connectivity index (χ4v) is 3.51. The van der Waals surface area contributed by atoms with Gasteiger partial charge in [0, 0.05) is 11.1 Å². The number of aromatic nitrogens is 2. The minimum atomic E-state index is -3.55. The first-order valence-corrected chi connectivity index (χ1v) is 7.36. The van der Waals surface area contributed by atoms with Crippen molar-refractivity contribution in [3.05, 3.63) is 41.3 Å². The lowest BCUT2D eigenvalue weighted by atomic mass is 10.4. The van der Waals surface area contributed by atoms with E-state index in [9.17, 15) is 8.42 Å². The molecule has 0 saturated carbocycles. The lowest BCUT2D eigenvalue weighted by Gasteiger charge is -2.03. The lowest BCUT2D eigenvalue weighted by molar-refractivity contribution is 0.285. The standard InChI is InChI=1S/C10H11N3O3S2/c14-6-9-1-2-10(17-9)18(15,16)13-5-8-3-4-11-7-12-8/h1-4,7,13-14H,5-6H2. The summed E-state index contributed by atoms with van der Waals surface area (Å²) in [7, 11) is -3.55. The van der Waals surface area contributed by atoms with Gasteiger partial charge in [-0.25, -0.2) is 23.1 Å². The van der Waals surface area contributed by atoms with E-state index in [1.807, 2.05) is 0 Å². The molecule has 2 aromatic rings. The minimum Gasteiger partial charge on any atom is -0.391 e. The molecule has 18 heavy (non-hydrogen) atoms. The van der Waals surface area contributed by atoms with Crippen molar-refractivity contribution in [3.63, 3.8) is 0 Å². The second-order valence-electron chi connectivity index (χ2n) is 3.40. The SMILES string of the molecule is O=S(=O)(NCc1ccncn1)c1ccc(CO)s1. The highest BCUT2D eigenvalue weighted by atomic mass is 32.2. The summed E-state index contributed by atoms with van der Waals surface area (Å²) in [4.78, 5) is 8.28. The molecule has 0 aliphatic heterocycles. The Morgan fingerprint density at radius 3 is 2.78 bits per heavy atom. The highest BCUT2D eigenvalue weighted by molar-refractivity contribution is 7.91. The Morgan fingerprint density at radius 1 is 1.33 bits per heavy atom. The Labute approximate surface area is 108 Å². The van der Waals surface area contributed by atoms with E-state index < -0.39 is 10.0 Å². The number of aliphatic hydroxyl groups is 1. The van der Waals surface area contributed by atoms with Crippen molar-refractivity contribution in [2.75, 3.05) is 0 Å². The van der Waals surface area contributed by atoms with Crippen LogP contribution < -0.4 is 4.72 Å². The van der Waals surface area contributed by atoms with Gasteiger partial charge in [0.15, 0.2) is 0 Å². The molecule has 0 atom stereocenters. The zero-order valence-corrected chi connectivity index (χ0v) is 10.9. The van der Waals surface area contributed by atoms with Gasteiger partial charge in [0.05, 0.1) is 18.8 Å². The van der Waals surface area contributed by atoms with Crippen LogP contribution in [0.2, 0.25) is 0 Å². The minimum absolute atomic E-state index is 0.108. The van der Waals surface area contributed by atoms with Crippen molar-refractivity contribution in [3.8, 4) is 0 Å². The van der Waals surface area contributed by atoms with E-state index in [1.54, 1.807) is 18.3 Å². The van der Waals surface area contributed by atoms with Crippen molar-refractivity contribution in [2.45, 2.75) is 17.4 Å². The molecule has 2 rings (SSSR count). The molecule has 2 aromatic heterocycles. The Hall–Kier alpha value is -1.35. The maximum Gasteiger partial charge on any atom is 0.250 e. The number of sulfonamides is 1. The summed E-state index contributed by atoms with van der Waals surface area (Å²) in [5.41, 5.74) is 0.590. The third-order valence-corrected chi connectivity index (χ3v) is 5.11. The van der Waals surface area contributed by atoms with Crippen LogP contribution in [0.5, 0.6) is 0 Å². The van der Waals surface area contributed by atoms with Crippen molar-refractivity contribution in [2.24, 2.45) is 0 Å². The lowest BCUT2D eigenvalue weighted by Crippen LogP contribution is -2.22. The van der Waals surface area contributed by atoms with Gasteiger partial charge in [-0.15, -0.1) is 11.3 Å². The second kappa shape index (κ2) is 5.53. The van der Waals surface area contributed by atoms with Crippen LogP contribution in [0.15, 0.2) is 34.9 Å². The monoisotopic (exact) mass is 285 g/mol. The van der Waals surface area contributed by atoms with Crippen molar-refractivity contribution < 1.29 is 13.5 Å². The predicted octanol–water partition coefficient (Wildman–Crippen LogP) is 0.509. The van der Waals surface area contributed by atoms with Crippen molar-refractivity contribution in [1.82, 2.24) is 14.7 Å². The smallest absolute Gasteiger partial charge is 0.250 e. The molecule has 0 spiro atoms. The molecule has 0 aliphatic rings. The zero-order chi connectivity index (χ0) is 13.0. The number of hydrogen-bond donors (Lipinski definition) is 2. The van der Waals surface area contributed by atoms with Crippen LogP contribution in [0.4, 0.5) is 0 Å². The van der Waals surface area contributed by atoms with E-state index in [1.165, 1.54) is 12.4 Å². The molecule has 0 aliphatic carbocycles. The van der Waals surface area contributed by atoms with Crippen LogP contribution >= 0.6 is 11.3 Å². The molecule has 6 nitrogen and oxygen atoms in total. The Kier molecular flexibility index (Phi) is 4.02. The van der Waals surface area contributed by atoms with Gasteiger partial charge in [0.1, 0.15) is 10.5 Å². The van der Waals surface area contributed by atoms with Crippen LogP contribution in [0.25, 0.3) is 0 Å². The normalized spacial score (nSPS) is 11.6. The van der Waals surface area contributed by atoms with E-state index in [4.69, 9.17) is 5.11 Å². The Balaban J connectivity index is 2.08. The first-order chi connectivity index (χ1) is 8.62. The molecule has 96 valence electrons. The average Bonchev–Trinajstić information content (AvgIpc) is 2.87. The molecular formula is C10H11N3O3S2. The Bertz CT molecular complexity index is 610. The fourth-order valence-electron chi connectivity index (χ4n) is 1.25. The predicted molar refractivity (Wildman–Crippen MR) is 66.3 cm³/mol.